The van der Waals surface area contributed by atoms with E-state index in [0.29, 0.717) is 17.1 Å². The van der Waals surface area contributed by atoms with E-state index < -0.39 is 0 Å². The Kier molecular flexibility index (Phi) is 6.70. The molecule has 1 aromatic heterocycles. The zero-order chi connectivity index (χ0) is 25.8. The lowest BCUT2D eigenvalue weighted by molar-refractivity contribution is 0.355. The highest BCUT2D eigenvalue weighted by Crippen LogP contribution is 2.45. The summed E-state index contributed by atoms with van der Waals surface area (Å²) < 4.78 is 11.1. The van der Waals surface area contributed by atoms with Gasteiger partial charge < -0.3 is 9.47 Å². The topological polar surface area (TPSA) is 55.1 Å². The van der Waals surface area contributed by atoms with Gasteiger partial charge in [0.05, 0.1) is 31.5 Å². The van der Waals surface area contributed by atoms with Crippen LogP contribution in [-0.2, 0) is 0 Å². The minimum Gasteiger partial charge on any atom is -0.493 e. The van der Waals surface area contributed by atoms with E-state index in [1.54, 1.807) is 14.2 Å². The summed E-state index contributed by atoms with van der Waals surface area (Å²) >= 11 is 0. The average molecular weight is 483 g/mol. The number of methoxy groups -OCH3 is 2. The zero-order valence-electron chi connectivity index (χ0n) is 21.0. The summed E-state index contributed by atoms with van der Waals surface area (Å²) in [5.74, 6) is 1.33. The third-order valence-electron chi connectivity index (χ3n) is 6.46. The predicted molar refractivity (Wildman–Crippen MR) is 149 cm³/mol. The molecule has 0 radical (unpaired) electrons. The largest absolute Gasteiger partial charge is 0.493 e. The number of nitriles is 1. The molecule has 5 aromatic rings. The van der Waals surface area contributed by atoms with Gasteiger partial charge in [-0.1, -0.05) is 78.4 Å². The van der Waals surface area contributed by atoms with Crippen LogP contribution in [0.4, 0.5) is 0 Å². The smallest absolute Gasteiger partial charge is 0.161 e. The van der Waals surface area contributed by atoms with Crippen molar-refractivity contribution in [1.82, 2.24) is 4.98 Å². The molecule has 0 aliphatic heterocycles. The fraction of sp³-hybridized carbons (Fsp3) is 0.0909. The Labute approximate surface area is 217 Å². The number of ether oxygens (including phenoxy) is 2. The predicted octanol–water partition coefficient (Wildman–Crippen LogP) is 7.95. The Hall–Kier alpha value is -4.88. The average Bonchev–Trinajstić information content (AvgIpc) is 2.97. The van der Waals surface area contributed by atoms with Crippen molar-refractivity contribution in [3.05, 3.63) is 114 Å². The molecule has 0 bridgehead atoms. The SMILES string of the molecule is COc1ccc(-c2cnc(-c3ccc(C#N)cc3)c(-c3ccc(C)cc3)c2-c2ccccc2)cc1OC. The first-order valence-corrected chi connectivity index (χ1v) is 12.0. The van der Waals surface area contributed by atoms with Gasteiger partial charge in [-0.25, -0.2) is 0 Å². The number of benzene rings is 4. The molecule has 0 saturated carbocycles. The second-order valence-corrected chi connectivity index (χ2v) is 8.76. The first-order valence-electron chi connectivity index (χ1n) is 12.0. The number of aromatic nitrogens is 1. The lowest BCUT2D eigenvalue weighted by Gasteiger charge is -2.20. The van der Waals surface area contributed by atoms with Crippen LogP contribution < -0.4 is 9.47 Å². The summed E-state index contributed by atoms with van der Waals surface area (Å²) in [5.41, 5.74) is 9.83. The van der Waals surface area contributed by atoms with Crippen molar-refractivity contribution in [2.24, 2.45) is 0 Å². The van der Waals surface area contributed by atoms with E-state index in [4.69, 9.17) is 14.5 Å². The summed E-state index contributed by atoms with van der Waals surface area (Å²) in [6.45, 7) is 2.09. The molecule has 5 rings (SSSR count). The van der Waals surface area contributed by atoms with E-state index in [0.717, 1.165) is 44.6 Å². The van der Waals surface area contributed by atoms with E-state index in [-0.39, 0.29) is 0 Å². The normalized spacial score (nSPS) is 10.5. The first-order chi connectivity index (χ1) is 18.1. The quantitative estimate of drug-likeness (QED) is 0.246. The van der Waals surface area contributed by atoms with Gasteiger partial charge in [0.1, 0.15) is 0 Å². The Morgan fingerprint density at radius 3 is 1.92 bits per heavy atom. The monoisotopic (exact) mass is 482 g/mol. The van der Waals surface area contributed by atoms with Crippen LogP contribution in [0.15, 0.2) is 103 Å². The molecule has 0 saturated heterocycles. The van der Waals surface area contributed by atoms with Crippen LogP contribution in [0.3, 0.4) is 0 Å². The molecule has 4 aromatic carbocycles. The Bertz CT molecular complexity index is 1580. The maximum absolute atomic E-state index is 9.31. The van der Waals surface area contributed by atoms with Gasteiger partial charge in [0.15, 0.2) is 11.5 Å². The fourth-order valence-corrected chi connectivity index (χ4v) is 4.56. The van der Waals surface area contributed by atoms with Gasteiger partial charge >= 0.3 is 0 Å². The third-order valence-corrected chi connectivity index (χ3v) is 6.46. The molecule has 4 heteroatoms. The van der Waals surface area contributed by atoms with Crippen LogP contribution in [0.25, 0.3) is 44.6 Å². The summed E-state index contributed by atoms with van der Waals surface area (Å²) in [7, 11) is 3.28. The maximum atomic E-state index is 9.31. The van der Waals surface area contributed by atoms with Gasteiger partial charge in [0.25, 0.3) is 0 Å². The molecule has 1 heterocycles. The first kappa shape index (κ1) is 23.8. The highest BCUT2D eigenvalue weighted by Gasteiger charge is 2.21. The molecule has 180 valence electrons. The number of aryl methyl sites for hydroxylation is 1. The van der Waals surface area contributed by atoms with Gasteiger partial charge in [-0.15, -0.1) is 0 Å². The van der Waals surface area contributed by atoms with Crippen molar-refractivity contribution in [3.8, 4) is 62.2 Å². The van der Waals surface area contributed by atoms with Crippen LogP contribution in [0.1, 0.15) is 11.1 Å². The summed E-state index contributed by atoms with van der Waals surface area (Å²) in [6.07, 6.45) is 1.93. The van der Waals surface area contributed by atoms with Gasteiger partial charge in [-0.3, -0.25) is 4.98 Å². The molecule has 37 heavy (non-hydrogen) atoms. The number of hydrogen-bond acceptors (Lipinski definition) is 4. The Morgan fingerprint density at radius 2 is 1.27 bits per heavy atom. The second-order valence-electron chi connectivity index (χ2n) is 8.76. The number of hydrogen-bond donors (Lipinski definition) is 0. The third kappa shape index (κ3) is 4.68. The molecule has 0 unspecified atom stereocenters. The highest BCUT2D eigenvalue weighted by molar-refractivity contribution is 6.00. The van der Waals surface area contributed by atoms with Crippen LogP contribution in [0.2, 0.25) is 0 Å². The molecular formula is C33H26N2O2. The van der Waals surface area contributed by atoms with Gasteiger partial charge in [0, 0.05) is 28.5 Å². The lowest BCUT2D eigenvalue weighted by Crippen LogP contribution is -1.98. The Balaban J connectivity index is 1.87. The molecule has 0 spiro atoms. The number of pyridine rings is 1. The van der Waals surface area contributed by atoms with Crippen molar-refractivity contribution in [3.63, 3.8) is 0 Å². The summed E-state index contributed by atoms with van der Waals surface area (Å²) in [4.78, 5) is 5.01. The second kappa shape index (κ2) is 10.4. The van der Waals surface area contributed by atoms with Crippen LogP contribution in [-0.4, -0.2) is 19.2 Å². The molecule has 0 aliphatic rings. The van der Waals surface area contributed by atoms with E-state index in [9.17, 15) is 5.26 Å². The molecule has 0 N–H and O–H groups in total. The molecule has 0 aliphatic carbocycles. The van der Waals surface area contributed by atoms with Crippen molar-refractivity contribution < 1.29 is 9.47 Å². The summed E-state index contributed by atoms with van der Waals surface area (Å²) in [6, 6.07) is 34.6. The van der Waals surface area contributed by atoms with Crippen LogP contribution in [0.5, 0.6) is 11.5 Å². The minimum atomic E-state index is 0.617. The number of nitrogens with zero attached hydrogens (tertiary/aromatic N) is 2. The number of rotatable bonds is 6. The summed E-state index contributed by atoms with van der Waals surface area (Å²) in [5, 5.41) is 9.31. The van der Waals surface area contributed by atoms with Crippen LogP contribution >= 0.6 is 0 Å². The van der Waals surface area contributed by atoms with Gasteiger partial charge in [-0.05, 0) is 47.9 Å². The van der Waals surface area contributed by atoms with E-state index in [1.807, 2.05) is 54.7 Å². The van der Waals surface area contributed by atoms with E-state index in [1.165, 1.54) is 5.56 Å². The van der Waals surface area contributed by atoms with E-state index >= 15 is 0 Å². The minimum absolute atomic E-state index is 0.617. The molecule has 0 fully saturated rings. The van der Waals surface area contributed by atoms with Crippen molar-refractivity contribution >= 4 is 0 Å². The Morgan fingerprint density at radius 1 is 0.649 bits per heavy atom. The maximum Gasteiger partial charge on any atom is 0.161 e. The standard InChI is InChI=1S/C33H26N2O2/c1-22-9-13-25(14-10-22)32-31(24-7-5-4-6-8-24)28(27-17-18-29(36-2)30(19-27)37-3)21-35-33(32)26-15-11-23(20-34)12-16-26/h4-19,21H,1-3H3. The molecule has 0 atom stereocenters. The van der Waals surface area contributed by atoms with Crippen molar-refractivity contribution in [2.75, 3.05) is 14.2 Å². The van der Waals surface area contributed by atoms with Crippen LogP contribution in [0, 0.1) is 18.3 Å². The van der Waals surface area contributed by atoms with Crippen molar-refractivity contribution in [1.29, 1.82) is 5.26 Å². The fourth-order valence-electron chi connectivity index (χ4n) is 4.56. The van der Waals surface area contributed by atoms with Crippen molar-refractivity contribution in [2.45, 2.75) is 6.92 Å². The van der Waals surface area contributed by atoms with E-state index in [2.05, 4.69) is 61.5 Å². The molecule has 4 nitrogen and oxygen atoms in total. The van der Waals surface area contributed by atoms with Gasteiger partial charge in [0.2, 0.25) is 0 Å². The highest BCUT2D eigenvalue weighted by atomic mass is 16.5. The molecular weight excluding hydrogens is 456 g/mol. The zero-order valence-corrected chi connectivity index (χ0v) is 21.0. The van der Waals surface area contributed by atoms with Gasteiger partial charge in [-0.2, -0.15) is 5.26 Å². The lowest BCUT2D eigenvalue weighted by atomic mass is 9.86. The molecule has 0 amide bonds.